The lowest BCUT2D eigenvalue weighted by molar-refractivity contribution is 0.659. The van der Waals surface area contributed by atoms with E-state index in [9.17, 15) is 4.79 Å². The van der Waals surface area contributed by atoms with Gasteiger partial charge in [-0.25, -0.2) is 4.68 Å². The summed E-state index contributed by atoms with van der Waals surface area (Å²) in [4.78, 5) is 13.2. The lowest BCUT2D eigenvalue weighted by Crippen LogP contribution is -2.24. The topological polar surface area (TPSA) is 38.1 Å². The summed E-state index contributed by atoms with van der Waals surface area (Å²) in [5.41, 5.74) is -0.127. The van der Waals surface area contributed by atoms with Gasteiger partial charge in [-0.3, -0.25) is 4.79 Å². The minimum Gasteiger partial charge on any atom is -0.361 e. The average Bonchev–Trinajstić information content (AvgIpc) is 2.16. The number of rotatable bonds is 2. The molecule has 0 radical (unpaired) electrons. The van der Waals surface area contributed by atoms with Crippen LogP contribution in [0.2, 0.25) is 0 Å². The van der Waals surface area contributed by atoms with Crippen molar-refractivity contribution < 1.29 is 0 Å². The van der Waals surface area contributed by atoms with E-state index < -0.39 is 0 Å². The third-order valence-electron chi connectivity index (χ3n) is 1.72. The molecule has 0 atom stereocenters. The highest BCUT2D eigenvalue weighted by molar-refractivity contribution is 5.33. The van der Waals surface area contributed by atoms with E-state index in [0.29, 0.717) is 6.54 Å². The molecule has 0 N–H and O–H groups in total. The third kappa shape index (κ3) is 2.36. The summed E-state index contributed by atoms with van der Waals surface area (Å²) in [5.74, 6) is 6.28. The van der Waals surface area contributed by atoms with Crippen molar-refractivity contribution in [1.29, 1.82) is 0 Å². The van der Waals surface area contributed by atoms with E-state index in [0.717, 1.165) is 5.82 Å². The Labute approximate surface area is 83.2 Å². The van der Waals surface area contributed by atoms with Gasteiger partial charge in [-0.05, 0) is 13.0 Å². The van der Waals surface area contributed by atoms with E-state index in [1.54, 1.807) is 13.0 Å². The molecule has 0 saturated carbocycles. The summed E-state index contributed by atoms with van der Waals surface area (Å²) in [6.45, 7) is 2.08. The molecule has 0 unspecified atom stereocenters. The Bertz CT molecular complexity index is 423. The van der Waals surface area contributed by atoms with Gasteiger partial charge in [0.1, 0.15) is 12.4 Å². The Morgan fingerprint density at radius 1 is 1.50 bits per heavy atom. The average molecular weight is 191 g/mol. The zero-order valence-electron chi connectivity index (χ0n) is 8.61. The maximum atomic E-state index is 11.3. The molecule has 1 heterocycles. The van der Waals surface area contributed by atoms with Gasteiger partial charge in [0.2, 0.25) is 0 Å². The van der Waals surface area contributed by atoms with Crippen molar-refractivity contribution in [1.82, 2.24) is 9.78 Å². The second kappa shape index (κ2) is 4.47. The number of nitrogens with zero attached hydrogens (tertiary/aromatic N) is 3. The Balaban J connectivity index is 3.06. The van der Waals surface area contributed by atoms with E-state index in [-0.39, 0.29) is 5.56 Å². The first-order valence-corrected chi connectivity index (χ1v) is 4.30. The molecule has 0 aliphatic heterocycles. The van der Waals surface area contributed by atoms with Crippen LogP contribution in [-0.4, -0.2) is 23.9 Å². The third-order valence-corrected chi connectivity index (χ3v) is 1.72. The number of hydrogen-bond acceptors (Lipinski definition) is 3. The lowest BCUT2D eigenvalue weighted by Gasteiger charge is -2.11. The van der Waals surface area contributed by atoms with Crippen LogP contribution in [0.4, 0.5) is 5.82 Å². The summed E-state index contributed by atoms with van der Waals surface area (Å²) in [6.07, 6.45) is 0. The molecule has 4 nitrogen and oxygen atoms in total. The molecule has 1 rings (SSSR count). The Kier molecular flexibility index (Phi) is 3.29. The first kappa shape index (κ1) is 10.3. The van der Waals surface area contributed by atoms with Crippen molar-refractivity contribution in [2.75, 3.05) is 19.0 Å². The van der Waals surface area contributed by atoms with Crippen molar-refractivity contribution in [3.8, 4) is 11.8 Å². The fourth-order valence-corrected chi connectivity index (χ4v) is 0.944. The van der Waals surface area contributed by atoms with E-state index in [4.69, 9.17) is 0 Å². The predicted molar refractivity (Wildman–Crippen MR) is 56.3 cm³/mol. The summed E-state index contributed by atoms with van der Waals surface area (Å²) < 4.78 is 1.35. The van der Waals surface area contributed by atoms with Gasteiger partial charge < -0.3 is 4.90 Å². The van der Waals surface area contributed by atoms with E-state index in [1.165, 1.54) is 10.7 Å². The van der Waals surface area contributed by atoms with Gasteiger partial charge in [0.25, 0.3) is 5.56 Å². The summed E-state index contributed by atoms with van der Waals surface area (Å²) in [6, 6.07) is 3.19. The lowest BCUT2D eigenvalue weighted by atomic mass is 10.5. The molecule has 1 aromatic heterocycles. The number of hydrogen-bond donors (Lipinski definition) is 0. The number of anilines is 1. The van der Waals surface area contributed by atoms with Gasteiger partial charge in [0, 0.05) is 20.2 Å². The fourth-order valence-electron chi connectivity index (χ4n) is 0.944. The molecule has 0 fully saturated rings. The Morgan fingerprint density at radius 2 is 2.21 bits per heavy atom. The molecular weight excluding hydrogens is 178 g/mol. The van der Waals surface area contributed by atoms with Crippen LogP contribution >= 0.6 is 0 Å². The smallest absolute Gasteiger partial charge is 0.267 e. The van der Waals surface area contributed by atoms with Crippen LogP contribution in [0.15, 0.2) is 16.9 Å². The highest BCUT2D eigenvalue weighted by atomic mass is 16.1. The van der Waals surface area contributed by atoms with E-state index >= 15 is 0 Å². The minimum atomic E-state index is -0.127. The van der Waals surface area contributed by atoms with Gasteiger partial charge in [-0.1, -0.05) is 5.92 Å². The molecule has 0 amide bonds. The van der Waals surface area contributed by atoms with Crippen LogP contribution in [0.3, 0.4) is 0 Å². The van der Waals surface area contributed by atoms with Crippen LogP contribution in [0.5, 0.6) is 0 Å². The van der Waals surface area contributed by atoms with Crippen LogP contribution in [0, 0.1) is 11.8 Å². The molecule has 0 aliphatic carbocycles. The van der Waals surface area contributed by atoms with E-state index in [2.05, 4.69) is 16.9 Å². The van der Waals surface area contributed by atoms with Gasteiger partial charge in [0.15, 0.2) is 0 Å². The van der Waals surface area contributed by atoms with Crippen molar-refractivity contribution >= 4 is 5.82 Å². The fraction of sp³-hybridized carbons (Fsp3) is 0.400. The van der Waals surface area contributed by atoms with Gasteiger partial charge in [-0.2, -0.15) is 5.10 Å². The molecule has 0 spiro atoms. The summed E-state index contributed by atoms with van der Waals surface area (Å²) in [5, 5.41) is 4.14. The van der Waals surface area contributed by atoms with Crippen molar-refractivity contribution in [3.63, 3.8) is 0 Å². The highest BCUT2D eigenvalue weighted by Gasteiger charge is 1.99. The molecule has 0 aliphatic rings. The molecule has 74 valence electrons. The molecule has 0 aromatic carbocycles. The Hall–Kier alpha value is -1.76. The quantitative estimate of drug-likeness (QED) is 0.632. The van der Waals surface area contributed by atoms with Crippen LogP contribution in [0.1, 0.15) is 6.92 Å². The van der Waals surface area contributed by atoms with E-state index in [1.807, 2.05) is 19.0 Å². The maximum Gasteiger partial charge on any atom is 0.267 e. The van der Waals surface area contributed by atoms with Crippen molar-refractivity contribution in [3.05, 3.63) is 22.5 Å². The number of aromatic nitrogens is 2. The Morgan fingerprint density at radius 3 is 2.79 bits per heavy atom. The first-order chi connectivity index (χ1) is 6.65. The largest absolute Gasteiger partial charge is 0.361 e. The maximum absolute atomic E-state index is 11.3. The van der Waals surface area contributed by atoms with Gasteiger partial charge >= 0.3 is 0 Å². The second-order valence-corrected chi connectivity index (χ2v) is 3.01. The summed E-state index contributed by atoms with van der Waals surface area (Å²) >= 11 is 0. The molecule has 0 saturated heterocycles. The highest BCUT2D eigenvalue weighted by Crippen LogP contribution is 2.00. The zero-order valence-corrected chi connectivity index (χ0v) is 8.61. The SMILES string of the molecule is CC#CCn1nc(N(C)C)ccc1=O. The normalized spacial score (nSPS) is 9.07. The first-order valence-electron chi connectivity index (χ1n) is 4.30. The second-order valence-electron chi connectivity index (χ2n) is 3.01. The van der Waals surface area contributed by atoms with Crippen molar-refractivity contribution in [2.24, 2.45) is 0 Å². The van der Waals surface area contributed by atoms with Gasteiger partial charge in [-0.15, -0.1) is 5.92 Å². The standard InChI is InChI=1S/C10H13N3O/c1-4-5-8-13-10(14)7-6-9(11-13)12(2)3/h6-7H,8H2,1-3H3. The van der Waals surface area contributed by atoms with Crippen LogP contribution in [-0.2, 0) is 6.54 Å². The summed E-state index contributed by atoms with van der Waals surface area (Å²) in [7, 11) is 3.76. The predicted octanol–water partition coefficient (Wildman–Crippen LogP) is 0.333. The monoisotopic (exact) mass is 191 g/mol. The zero-order chi connectivity index (χ0) is 10.6. The van der Waals surface area contributed by atoms with Crippen molar-refractivity contribution in [2.45, 2.75) is 13.5 Å². The van der Waals surface area contributed by atoms with Gasteiger partial charge in [0.05, 0.1) is 0 Å². The molecule has 0 bridgehead atoms. The van der Waals surface area contributed by atoms with Crippen LogP contribution < -0.4 is 10.5 Å². The molecule has 1 aromatic rings. The minimum absolute atomic E-state index is 0.127. The molecule has 14 heavy (non-hydrogen) atoms. The van der Waals surface area contributed by atoms with Crippen LogP contribution in [0.25, 0.3) is 0 Å². The molecular formula is C10H13N3O. The molecule has 4 heteroatoms.